The Morgan fingerprint density at radius 3 is 2.84 bits per heavy atom. The number of amides is 2. The Balaban J connectivity index is 1.60. The lowest BCUT2D eigenvalue weighted by molar-refractivity contribution is -0.132. The molecule has 1 aliphatic heterocycles. The molecule has 0 fully saturated rings. The molecule has 0 saturated heterocycles. The number of carbonyl (C=O) groups is 2. The summed E-state index contributed by atoms with van der Waals surface area (Å²) in [6.07, 6.45) is 11.1. The Morgan fingerprint density at radius 2 is 2.16 bits per heavy atom. The molecule has 2 amide bonds. The van der Waals surface area contributed by atoms with E-state index in [9.17, 15) is 9.59 Å². The van der Waals surface area contributed by atoms with Gasteiger partial charge in [0.25, 0.3) is 0 Å². The van der Waals surface area contributed by atoms with Crippen LogP contribution in [0.4, 0.5) is 5.00 Å². The molecule has 7 nitrogen and oxygen atoms in total. The van der Waals surface area contributed by atoms with Gasteiger partial charge in [0, 0.05) is 55.3 Å². The largest absolute Gasteiger partial charge is 0.337 e. The van der Waals surface area contributed by atoms with Gasteiger partial charge >= 0.3 is 0 Å². The molecule has 32 heavy (non-hydrogen) atoms. The van der Waals surface area contributed by atoms with Crippen molar-refractivity contribution in [2.24, 2.45) is 5.73 Å². The van der Waals surface area contributed by atoms with Crippen LogP contribution in [0, 0.1) is 6.92 Å². The number of carbonyl (C=O) groups excluding carboxylic acids is 2. The van der Waals surface area contributed by atoms with Crippen molar-refractivity contribution in [3.63, 3.8) is 0 Å². The third-order valence-corrected chi connectivity index (χ3v) is 6.78. The van der Waals surface area contributed by atoms with E-state index in [0.29, 0.717) is 45.4 Å². The number of aromatic nitrogens is 2. The lowest BCUT2D eigenvalue weighted by Gasteiger charge is -2.27. The van der Waals surface area contributed by atoms with E-state index in [0.717, 1.165) is 33.3 Å². The van der Waals surface area contributed by atoms with Gasteiger partial charge in [-0.15, -0.1) is 11.3 Å². The molecule has 0 aliphatic carbocycles. The first-order valence-corrected chi connectivity index (χ1v) is 11.6. The second-order valence-corrected chi connectivity index (χ2v) is 8.91. The van der Waals surface area contributed by atoms with Gasteiger partial charge in [0.1, 0.15) is 5.82 Å². The van der Waals surface area contributed by atoms with Crippen molar-refractivity contribution in [1.29, 1.82) is 0 Å². The van der Waals surface area contributed by atoms with E-state index in [4.69, 9.17) is 5.73 Å². The van der Waals surface area contributed by atoms with Gasteiger partial charge in [0.15, 0.2) is 0 Å². The predicted molar refractivity (Wildman–Crippen MR) is 129 cm³/mol. The second kappa shape index (κ2) is 11.1. The van der Waals surface area contributed by atoms with E-state index in [1.807, 2.05) is 34.7 Å². The number of allylic oxidation sites excluding steroid dienone is 4. The van der Waals surface area contributed by atoms with Gasteiger partial charge in [0.2, 0.25) is 11.8 Å². The molecule has 0 bridgehead atoms. The molecule has 0 radical (unpaired) electrons. The summed E-state index contributed by atoms with van der Waals surface area (Å²) in [4.78, 5) is 32.4. The van der Waals surface area contributed by atoms with Gasteiger partial charge in [0.05, 0.1) is 11.5 Å². The number of hydrogen-bond acceptors (Lipinski definition) is 5. The quantitative estimate of drug-likeness (QED) is 0.537. The lowest BCUT2D eigenvalue weighted by atomic mass is 10.0. The van der Waals surface area contributed by atoms with Crippen LogP contribution in [0.1, 0.15) is 41.1 Å². The highest BCUT2D eigenvalue weighted by Gasteiger charge is 2.26. The molecule has 2 aromatic rings. The van der Waals surface area contributed by atoms with Gasteiger partial charge < -0.3 is 20.5 Å². The number of rotatable bonds is 10. The predicted octanol–water partition coefficient (Wildman–Crippen LogP) is 3.70. The number of aryl methyl sites for hydroxylation is 2. The molecule has 170 valence electrons. The molecule has 8 heteroatoms. The molecule has 0 spiro atoms. The minimum Gasteiger partial charge on any atom is -0.337 e. The van der Waals surface area contributed by atoms with Crippen LogP contribution in [0.2, 0.25) is 0 Å². The average Bonchev–Trinajstić information content (AvgIpc) is 3.35. The van der Waals surface area contributed by atoms with Crippen LogP contribution in [0.5, 0.6) is 0 Å². The number of nitrogens with zero attached hydrogens (tertiary/aromatic N) is 3. The summed E-state index contributed by atoms with van der Waals surface area (Å²) in [6, 6.07) is 0. The smallest absolute Gasteiger partial charge is 0.225 e. The third kappa shape index (κ3) is 5.83. The second-order valence-electron chi connectivity index (χ2n) is 7.80. The fourth-order valence-corrected chi connectivity index (χ4v) is 5.07. The van der Waals surface area contributed by atoms with Gasteiger partial charge in [-0.05, 0) is 25.3 Å². The maximum absolute atomic E-state index is 12.8. The Kier molecular flexibility index (Phi) is 8.19. The van der Waals surface area contributed by atoms with E-state index in [-0.39, 0.29) is 11.8 Å². The number of nitrogens with two attached hydrogens (primary N) is 1. The van der Waals surface area contributed by atoms with E-state index in [1.165, 1.54) is 16.9 Å². The van der Waals surface area contributed by atoms with Crippen molar-refractivity contribution < 1.29 is 9.59 Å². The van der Waals surface area contributed by atoms with Crippen molar-refractivity contribution in [3.8, 4) is 0 Å². The first-order chi connectivity index (χ1) is 15.4. The summed E-state index contributed by atoms with van der Waals surface area (Å²) in [7, 11) is 0. The van der Waals surface area contributed by atoms with Crippen LogP contribution < -0.4 is 11.1 Å². The van der Waals surface area contributed by atoms with E-state index in [2.05, 4.69) is 23.5 Å². The van der Waals surface area contributed by atoms with Crippen molar-refractivity contribution in [1.82, 2.24) is 14.5 Å². The molecule has 0 saturated carbocycles. The highest BCUT2D eigenvalue weighted by atomic mass is 32.1. The Labute approximate surface area is 193 Å². The summed E-state index contributed by atoms with van der Waals surface area (Å²) >= 11 is 1.53. The highest BCUT2D eigenvalue weighted by Crippen LogP contribution is 2.37. The van der Waals surface area contributed by atoms with E-state index >= 15 is 0 Å². The summed E-state index contributed by atoms with van der Waals surface area (Å²) in [5.41, 5.74) is 9.07. The van der Waals surface area contributed by atoms with Gasteiger partial charge in [-0.3, -0.25) is 9.59 Å². The molecule has 3 N–H and O–H groups in total. The Hall–Kier alpha value is -2.97. The van der Waals surface area contributed by atoms with Crippen LogP contribution in [-0.4, -0.2) is 32.8 Å². The third-order valence-electron chi connectivity index (χ3n) is 5.61. The first-order valence-electron chi connectivity index (χ1n) is 10.8. The normalized spacial score (nSPS) is 13.2. The number of hydrogen-bond donors (Lipinski definition) is 2. The molecule has 2 aromatic heterocycles. The van der Waals surface area contributed by atoms with E-state index < -0.39 is 0 Å². The molecule has 3 rings (SSSR count). The van der Waals surface area contributed by atoms with Crippen LogP contribution in [-0.2, 0) is 35.6 Å². The monoisotopic (exact) mass is 453 g/mol. The van der Waals surface area contributed by atoms with Crippen molar-refractivity contribution >= 4 is 28.2 Å². The molecular weight excluding hydrogens is 422 g/mol. The van der Waals surface area contributed by atoms with Crippen molar-refractivity contribution in [3.05, 3.63) is 71.2 Å². The van der Waals surface area contributed by atoms with Crippen molar-refractivity contribution in [2.75, 3.05) is 11.9 Å². The number of thiophene rings is 1. The van der Waals surface area contributed by atoms with E-state index in [1.54, 1.807) is 12.3 Å². The topological polar surface area (TPSA) is 93.3 Å². The van der Waals surface area contributed by atoms with Crippen LogP contribution >= 0.6 is 11.3 Å². The molecule has 1 aliphatic rings. The van der Waals surface area contributed by atoms with Gasteiger partial charge in [-0.2, -0.15) is 0 Å². The number of anilines is 1. The van der Waals surface area contributed by atoms with Crippen LogP contribution in [0.25, 0.3) is 0 Å². The Bertz CT molecular complexity index is 1030. The molecule has 0 atom stereocenters. The number of nitrogens with one attached hydrogen (secondary N) is 1. The lowest BCUT2D eigenvalue weighted by Crippen LogP contribution is -2.36. The number of imidazole rings is 1. The SMILES string of the molecule is C=C/C=C\C(=C)CCC(=O)Nc1sc2c(c1CN)CCN(C(=O)CCn1ccnc1C)C2. The zero-order chi connectivity index (χ0) is 23.1. The van der Waals surface area contributed by atoms with Crippen LogP contribution in [0.3, 0.4) is 0 Å². The molecule has 0 aromatic carbocycles. The molecular formula is C24H31N5O2S. The molecule has 0 unspecified atom stereocenters. The molecule has 3 heterocycles. The highest BCUT2D eigenvalue weighted by molar-refractivity contribution is 7.16. The van der Waals surface area contributed by atoms with Crippen LogP contribution in [0.15, 0.2) is 49.4 Å². The standard InChI is InChI=1S/C24H31N5O2S/c1-4-5-6-17(2)7-8-22(30)27-24-20(15-25)19-9-12-29(16-21(19)32-24)23(31)10-13-28-14-11-26-18(28)3/h4-6,11,14H,1-2,7-10,12-13,15-16,25H2,3H3,(H,27,30)/b6-5-. The van der Waals surface area contributed by atoms with Gasteiger partial charge in [-0.1, -0.05) is 37.0 Å². The number of fused-ring (bicyclic) bond motifs is 1. The maximum Gasteiger partial charge on any atom is 0.225 e. The summed E-state index contributed by atoms with van der Waals surface area (Å²) in [5, 5.41) is 3.83. The maximum atomic E-state index is 12.8. The fraction of sp³-hybridized carbons (Fsp3) is 0.375. The van der Waals surface area contributed by atoms with Gasteiger partial charge in [-0.25, -0.2) is 4.98 Å². The fourth-order valence-electron chi connectivity index (χ4n) is 3.76. The summed E-state index contributed by atoms with van der Waals surface area (Å²) in [5.74, 6) is 0.975. The zero-order valence-electron chi connectivity index (χ0n) is 18.6. The van der Waals surface area contributed by atoms with Crippen molar-refractivity contribution in [2.45, 2.75) is 52.2 Å². The summed E-state index contributed by atoms with van der Waals surface area (Å²) < 4.78 is 1.99. The average molecular weight is 454 g/mol. The minimum atomic E-state index is -0.0601. The summed E-state index contributed by atoms with van der Waals surface area (Å²) in [6.45, 7) is 11.7. The Morgan fingerprint density at radius 1 is 1.34 bits per heavy atom. The zero-order valence-corrected chi connectivity index (χ0v) is 19.4. The minimum absolute atomic E-state index is 0.0601. The first kappa shape index (κ1) is 23.7.